The van der Waals surface area contributed by atoms with Gasteiger partial charge >= 0.3 is 0 Å². The lowest BCUT2D eigenvalue weighted by Crippen LogP contribution is -2.31. The quantitative estimate of drug-likeness (QED) is 0.356. The molecule has 6 heteroatoms. The van der Waals surface area contributed by atoms with E-state index in [1.807, 2.05) is 24.3 Å². The fourth-order valence-corrected chi connectivity index (χ4v) is 2.42. The zero-order chi connectivity index (χ0) is 15.4. The molecule has 1 rings (SSSR count). The Kier molecular flexibility index (Phi) is 5.41. The van der Waals surface area contributed by atoms with Crippen molar-refractivity contribution in [2.45, 2.75) is 39.3 Å². The van der Waals surface area contributed by atoms with Crippen molar-refractivity contribution in [2.24, 2.45) is 5.16 Å². The smallest absolute Gasteiger partial charge is 0.278 e. The topological polar surface area (TPSA) is 40.0 Å². The predicted octanol–water partition coefficient (Wildman–Crippen LogP) is 4.06. The summed E-state index contributed by atoms with van der Waals surface area (Å²) in [4.78, 5) is 0. The summed E-state index contributed by atoms with van der Waals surface area (Å²) in [6.07, 6.45) is 0. The molecule has 0 aliphatic carbocycles. The van der Waals surface area contributed by atoms with E-state index in [0.717, 1.165) is 11.3 Å². The van der Waals surface area contributed by atoms with Crippen LogP contribution in [0.3, 0.4) is 0 Å². The Balaban J connectivity index is 3.02. The molecule has 0 spiro atoms. The van der Waals surface area contributed by atoms with Crippen LogP contribution < -0.4 is 4.74 Å². The minimum Gasteiger partial charge on any atom is -0.529 e. The molecule has 1 aromatic carbocycles. The molecule has 0 saturated heterocycles. The second-order valence-corrected chi connectivity index (χ2v) is 15.4. The first-order valence-corrected chi connectivity index (χ1v) is 13.5. The summed E-state index contributed by atoms with van der Waals surface area (Å²) in [5.74, 6) is 1.38. The molecule has 0 radical (unpaired) electrons. The van der Waals surface area contributed by atoms with E-state index in [2.05, 4.69) is 44.4 Å². The second kappa shape index (κ2) is 6.45. The highest BCUT2D eigenvalue weighted by Crippen LogP contribution is 2.16. The van der Waals surface area contributed by atoms with E-state index in [4.69, 9.17) is 13.7 Å². The van der Waals surface area contributed by atoms with E-state index >= 15 is 0 Å². The number of hydrogen-bond acceptors (Lipinski definition) is 4. The van der Waals surface area contributed by atoms with Gasteiger partial charge in [-0.2, -0.15) is 0 Å². The van der Waals surface area contributed by atoms with E-state index in [1.165, 1.54) is 0 Å². The number of nitrogens with zero attached hydrogens (tertiary/aromatic N) is 1. The minimum atomic E-state index is -1.75. The Morgan fingerprint density at radius 2 is 1.45 bits per heavy atom. The number of rotatable bonds is 5. The van der Waals surface area contributed by atoms with Gasteiger partial charge in [0, 0.05) is 5.56 Å². The van der Waals surface area contributed by atoms with Gasteiger partial charge < -0.3 is 13.7 Å². The van der Waals surface area contributed by atoms with E-state index in [1.54, 1.807) is 7.11 Å². The van der Waals surface area contributed by atoms with Crippen LogP contribution in [0.4, 0.5) is 0 Å². The van der Waals surface area contributed by atoms with Crippen LogP contribution in [0, 0.1) is 0 Å². The van der Waals surface area contributed by atoms with Crippen molar-refractivity contribution >= 4 is 22.5 Å². The second-order valence-electron chi connectivity index (χ2n) is 6.54. The third-order valence-electron chi connectivity index (χ3n) is 2.14. The molecule has 112 valence electrons. The van der Waals surface area contributed by atoms with E-state index in [9.17, 15) is 0 Å². The van der Waals surface area contributed by atoms with Crippen LogP contribution in [-0.4, -0.2) is 29.6 Å². The monoisotopic (exact) mass is 311 g/mol. The zero-order valence-electron chi connectivity index (χ0n) is 13.5. The van der Waals surface area contributed by atoms with Crippen molar-refractivity contribution in [1.82, 2.24) is 0 Å². The lowest BCUT2D eigenvalue weighted by atomic mass is 10.2. The van der Waals surface area contributed by atoms with Crippen LogP contribution in [0.2, 0.25) is 39.3 Å². The van der Waals surface area contributed by atoms with Crippen molar-refractivity contribution in [3.05, 3.63) is 29.8 Å². The van der Waals surface area contributed by atoms with Crippen LogP contribution in [0.25, 0.3) is 0 Å². The molecule has 4 nitrogen and oxygen atoms in total. The maximum atomic E-state index is 6.04. The molecule has 0 aromatic heterocycles. The Hall–Kier alpha value is -1.28. The van der Waals surface area contributed by atoms with Gasteiger partial charge in [0.05, 0.1) is 7.11 Å². The van der Waals surface area contributed by atoms with Crippen LogP contribution in [0.5, 0.6) is 5.75 Å². The highest BCUT2D eigenvalue weighted by atomic mass is 28.4. The lowest BCUT2D eigenvalue weighted by molar-refractivity contribution is 0.320. The Morgan fingerprint density at radius 1 is 0.900 bits per heavy atom. The van der Waals surface area contributed by atoms with Crippen LogP contribution in [0.1, 0.15) is 5.56 Å². The minimum absolute atomic E-state index is 0.564. The summed E-state index contributed by atoms with van der Waals surface area (Å²) in [6, 6.07) is 7.66. The first kappa shape index (κ1) is 16.8. The predicted molar refractivity (Wildman–Crippen MR) is 88.4 cm³/mol. The zero-order valence-corrected chi connectivity index (χ0v) is 15.5. The van der Waals surface area contributed by atoms with Gasteiger partial charge in [0.1, 0.15) is 5.75 Å². The Bertz CT molecular complexity index is 459. The average Bonchev–Trinajstić information content (AvgIpc) is 2.32. The van der Waals surface area contributed by atoms with Crippen molar-refractivity contribution in [1.29, 1.82) is 0 Å². The maximum absolute atomic E-state index is 6.04. The molecule has 0 saturated carbocycles. The molecule has 0 heterocycles. The molecule has 0 atom stereocenters. The van der Waals surface area contributed by atoms with Crippen molar-refractivity contribution in [3.8, 4) is 5.75 Å². The molecule has 1 aromatic rings. The molecule has 0 bridgehead atoms. The number of oxime groups is 1. The van der Waals surface area contributed by atoms with Gasteiger partial charge in [-0.25, -0.2) is 0 Å². The fraction of sp³-hybridized carbons (Fsp3) is 0.500. The summed E-state index contributed by atoms with van der Waals surface area (Å²) >= 11 is 0. The third kappa shape index (κ3) is 6.25. The van der Waals surface area contributed by atoms with Crippen molar-refractivity contribution < 1.29 is 13.7 Å². The highest BCUT2D eigenvalue weighted by molar-refractivity contribution is 6.71. The van der Waals surface area contributed by atoms with E-state index in [-0.39, 0.29) is 0 Å². The summed E-state index contributed by atoms with van der Waals surface area (Å²) in [6.45, 7) is 12.7. The first-order valence-electron chi connectivity index (χ1n) is 6.70. The van der Waals surface area contributed by atoms with Gasteiger partial charge in [-0.15, -0.1) is 0 Å². The number of benzene rings is 1. The van der Waals surface area contributed by atoms with Crippen LogP contribution in [-0.2, 0) is 8.95 Å². The van der Waals surface area contributed by atoms with Gasteiger partial charge in [0.25, 0.3) is 8.32 Å². The Labute approximate surface area is 124 Å². The van der Waals surface area contributed by atoms with Gasteiger partial charge in [-0.05, 0) is 63.5 Å². The van der Waals surface area contributed by atoms with Crippen LogP contribution in [0.15, 0.2) is 29.4 Å². The van der Waals surface area contributed by atoms with Crippen molar-refractivity contribution in [3.63, 3.8) is 0 Å². The first-order chi connectivity index (χ1) is 9.11. The summed E-state index contributed by atoms with van der Waals surface area (Å²) in [5, 5.41) is 4.26. The van der Waals surface area contributed by atoms with Crippen LogP contribution >= 0.6 is 0 Å². The standard InChI is InChI=1S/C14H25NO3Si2/c1-16-13-10-8-12(9-11-13)14(17-19(2,3)4)15-18-20(5,6)7/h8-11H,1-7H3/b15-14-. The Morgan fingerprint density at radius 3 is 1.85 bits per heavy atom. The molecule has 0 N–H and O–H groups in total. The molecular weight excluding hydrogens is 286 g/mol. The average molecular weight is 312 g/mol. The maximum Gasteiger partial charge on any atom is 0.278 e. The molecular formula is C14H25NO3Si2. The highest BCUT2D eigenvalue weighted by Gasteiger charge is 2.22. The largest absolute Gasteiger partial charge is 0.529 e. The molecule has 0 aliphatic rings. The fourth-order valence-electron chi connectivity index (χ4n) is 1.33. The van der Waals surface area contributed by atoms with Crippen molar-refractivity contribution in [2.75, 3.05) is 7.11 Å². The van der Waals surface area contributed by atoms with Gasteiger partial charge in [0.2, 0.25) is 14.2 Å². The van der Waals surface area contributed by atoms with Gasteiger partial charge in [-0.3, -0.25) is 0 Å². The number of ether oxygens (including phenoxy) is 1. The summed E-state index contributed by atoms with van der Waals surface area (Å²) < 4.78 is 16.8. The molecule has 0 unspecified atom stereocenters. The number of methoxy groups -OCH3 is 1. The third-order valence-corrected chi connectivity index (χ3v) is 3.59. The number of hydrogen-bond donors (Lipinski definition) is 0. The summed E-state index contributed by atoms with van der Waals surface area (Å²) in [5.41, 5.74) is 0.909. The summed E-state index contributed by atoms with van der Waals surface area (Å²) in [7, 11) is -1.82. The SMILES string of the molecule is COc1ccc(/C(=N/O[Si](C)(C)C)O[Si](C)(C)C)cc1. The molecule has 0 fully saturated rings. The van der Waals surface area contributed by atoms with Gasteiger partial charge in [-0.1, -0.05) is 5.16 Å². The molecule has 0 amide bonds. The van der Waals surface area contributed by atoms with Gasteiger partial charge in [0.15, 0.2) is 0 Å². The van der Waals surface area contributed by atoms with E-state index < -0.39 is 16.6 Å². The normalized spacial score (nSPS) is 13.1. The molecule has 0 aliphatic heterocycles. The van der Waals surface area contributed by atoms with E-state index in [0.29, 0.717) is 5.90 Å². The molecule has 20 heavy (non-hydrogen) atoms. The lowest BCUT2D eigenvalue weighted by Gasteiger charge is -2.22.